The Kier molecular flexibility index (Phi) is 3.99. The van der Waals surface area contributed by atoms with Gasteiger partial charge in [0.25, 0.3) is 5.91 Å². The van der Waals surface area contributed by atoms with Gasteiger partial charge in [-0.15, -0.1) is 11.6 Å². The Balaban J connectivity index is 1.93. The second kappa shape index (κ2) is 5.69. The molecule has 0 spiro atoms. The van der Waals surface area contributed by atoms with E-state index in [2.05, 4.69) is 10.3 Å². The largest absolute Gasteiger partial charge is 0.438 e. The molecule has 1 atom stereocenters. The highest BCUT2D eigenvalue weighted by Gasteiger charge is 2.15. The van der Waals surface area contributed by atoms with E-state index in [1.807, 2.05) is 30.3 Å². The molecule has 2 aromatic rings. The normalized spacial score (nSPS) is 12.1. The van der Waals surface area contributed by atoms with Gasteiger partial charge in [-0.2, -0.15) is 0 Å². The fourth-order valence-corrected chi connectivity index (χ4v) is 1.78. The van der Waals surface area contributed by atoms with Gasteiger partial charge < -0.3 is 9.73 Å². The van der Waals surface area contributed by atoms with Gasteiger partial charge in [0.05, 0.1) is 11.1 Å². The van der Waals surface area contributed by atoms with E-state index < -0.39 is 0 Å². The summed E-state index contributed by atoms with van der Waals surface area (Å²) in [6.07, 6.45) is 1.25. The Bertz CT molecular complexity index is 525. The maximum absolute atomic E-state index is 11.8. The molecule has 0 saturated heterocycles. The summed E-state index contributed by atoms with van der Waals surface area (Å²) in [5.41, 5.74) is 1.53. The zero-order valence-electron chi connectivity index (χ0n) is 9.89. The van der Waals surface area contributed by atoms with Crippen LogP contribution < -0.4 is 5.32 Å². The number of amides is 1. The summed E-state index contributed by atoms with van der Waals surface area (Å²) in [5.74, 6) is -0.0708. The minimum Gasteiger partial charge on any atom is -0.438 e. The van der Waals surface area contributed by atoms with Gasteiger partial charge in [-0.25, -0.2) is 4.98 Å². The number of nitrogens with zero attached hydrogens (tertiary/aromatic N) is 1. The second-order valence-electron chi connectivity index (χ2n) is 3.86. The summed E-state index contributed by atoms with van der Waals surface area (Å²) in [4.78, 5) is 15.6. The smallest absolute Gasteiger partial charge is 0.289 e. The fraction of sp³-hybridized carbons (Fsp3) is 0.231. The number of hydrogen-bond donors (Lipinski definition) is 1. The first kappa shape index (κ1) is 12.6. The number of nitrogens with one attached hydrogen (secondary N) is 1. The molecule has 0 fully saturated rings. The van der Waals surface area contributed by atoms with Crippen LogP contribution in [0.1, 0.15) is 27.2 Å². The lowest BCUT2D eigenvalue weighted by Gasteiger charge is -2.10. The molecule has 0 saturated carbocycles. The van der Waals surface area contributed by atoms with Gasteiger partial charge in [0.2, 0.25) is 5.76 Å². The van der Waals surface area contributed by atoms with Crippen molar-refractivity contribution in [1.29, 1.82) is 0 Å². The Hall–Kier alpha value is -1.81. The number of alkyl halides is 1. The third-order valence-corrected chi connectivity index (χ3v) is 2.96. The van der Waals surface area contributed by atoms with Crippen molar-refractivity contribution in [1.82, 2.24) is 10.3 Å². The number of aromatic nitrogens is 1. The van der Waals surface area contributed by atoms with Crippen LogP contribution in [0.2, 0.25) is 0 Å². The highest BCUT2D eigenvalue weighted by Crippen LogP contribution is 2.18. The van der Waals surface area contributed by atoms with Crippen molar-refractivity contribution in [3.63, 3.8) is 0 Å². The predicted octanol–water partition coefficient (Wildman–Crippen LogP) is 2.69. The predicted molar refractivity (Wildman–Crippen MR) is 68.6 cm³/mol. The molecule has 94 valence electrons. The average molecular weight is 265 g/mol. The lowest BCUT2D eigenvalue weighted by Crippen LogP contribution is -2.27. The maximum atomic E-state index is 11.8. The number of carbonyl (C=O) groups excluding carboxylic acids is 1. The van der Waals surface area contributed by atoms with Gasteiger partial charge >= 0.3 is 0 Å². The lowest BCUT2D eigenvalue weighted by atomic mass is 10.1. The van der Waals surface area contributed by atoms with Gasteiger partial charge in [0, 0.05) is 6.54 Å². The van der Waals surface area contributed by atoms with Gasteiger partial charge in [0.15, 0.2) is 6.39 Å². The summed E-state index contributed by atoms with van der Waals surface area (Å²) in [5, 5.41) is 2.45. The molecule has 1 aromatic heterocycles. The van der Waals surface area contributed by atoms with Crippen LogP contribution in [0.5, 0.6) is 0 Å². The molecule has 0 aliphatic rings. The van der Waals surface area contributed by atoms with E-state index >= 15 is 0 Å². The minimum absolute atomic E-state index is 0.229. The summed E-state index contributed by atoms with van der Waals surface area (Å²) in [6.45, 7) is 2.05. The summed E-state index contributed by atoms with van der Waals surface area (Å²) in [7, 11) is 0. The van der Waals surface area contributed by atoms with Crippen molar-refractivity contribution >= 4 is 17.5 Å². The summed E-state index contributed by atoms with van der Waals surface area (Å²) >= 11 is 6.19. The molecule has 4 nitrogen and oxygen atoms in total. The molecule has 1 heterocycles. The van der Waals surface area contributed by atoms with E-state index in [1.165, 1.54) is 6.39 Å². The first-order valence-electron chi connectivity index (χ1n) is 5.56. The Labute approximate surface area is 110 Å². The molecule has 1 aromatic carbocycles. The molecule has 1 unspecified atom stereocenters. The van der Waals surface area contributed by atoms with Gasteiger partial charge in [-0.3, -0.25) is 4.79 Å². The highest BCUT2D eigenvalue weighted by atomic mass is 35.5. The van der Waals surface area contributed by atoms with Crippen LogP contribution in [0.15, 0.2) is 41.1 Å². The van der Waals surface area contributed by atoms with Crippen molar-refractivity contribution in [3.8, 4) is 0 Å². The van der Waals surface area contributed by atoms with Crippen molar-refractivity contribution in [2.45, 2.75) is 12.3 Å². The molecule has 0 bridgehead atoms. The molecule has 1 N–H and O–H groups in total. The summed E-state index contributed by atoms with van der Waals surface area (Å²) < 4.78 is 5.00. The third kappa shape index (κ3) is 2.90. The minimum atomic E-state index is -0.299. The van der Waals surface area contributed by atoms with Gasteiger partial charge in [-0.05, 0) is 12.5 Å². The zero-order valence-corrected chi connectivity index (χ0v) is 10.6. The van der Waals surface area contributed by atoms with Crippen LogP contribution >= 0.6 is 11.6 Å². The number of hydrogen-bond acceptors (Lipinski definition) is 3. The number of benzene rings is 1. The Morgan fingerprint density at radius 1 is 1.44 bits per heavy atom. The monoisotopic (exact) mass is 264 g/mol. The number of oxazole rings is 1. The molecule has 0 aliphatic carbocycles. The maximum Gasteiger partial charge on any atom is 0.289 e. The molecule has 0 radical (unpaired) electrons. The fourth-order valence-electron chi connectivity index (χ4n) is 1.56. The number of rotatable bonds is 4. The van der Waals surface area contributed by atoms with E-state index in [4.69, 9.17) is 16.0 Å². The Morgan fingerprint density at radius 3 is 2.78 bits per heavy atom. The van der Waals surface area contributed by atoms with Crippen LogP contribution in [0.3, 0.4) is 0 Å². The van der Waals surface area contributed by atoms with Crippen molar-refractivity contribution in [3.05, 3.63) is 53.7 Å². The lowest BCUT2D eigenvalue weighted by molar-refractivity contribution is 0.0925. The molecule has 0 aliphatic heterocycles. The highest BCUT2D eigenvalue weighted by molar-refractivity contribution is 6.21. The SMILES string of the molecule is Cc1ncoc1C(=O)NCC(Cl)c1ccccc1. The molecule has 1 amide bonds. The quantitative estimate of drug-likeness (QED) is 0.864. The number of carbonyl (C=O) groups is 1. The van der Waals surface area contributed by atoms with E-state index in [0.717, 1.165) is 5.56 Å². The topological polar surface area (TPSA) is 55.1 Å². The van der Waals surface area contributed by atoms with E-state index in [9.17, 15) is 4.79 Å². The van der Waals surface area contributed by atoms with Crippen LogP contribution in [0.4, 0.5) is 0 Å². The van der Waals surface area contributed by atoms with Crippen LogP contribution in [-0.4, -0.2) is 17.4 Å². The zero-order chi connectivity index (χ0) is 13.0. The molecular weight excluding hydrogens is 252 g/mol. The van der Waals surface area contributed by atoms with Crippen LogP contribution in [-0.2, 0) is 0 Å². The first-order chi connectivity index (χ1) is 8.68. The van der Waals surface area contributed by atoms with E-state index in [0.29, 0.717) is 12.2 Å². The summed E-state index contributed by atoms with van der Waals surface area (Å²) in [6, 6.07) is 9.58. The first-order valence-corrected chi connectivity index (χ1v) is 5.99. The van der Waals surface area contributed by atoms with Gasteiger partial charge in [-0.1, -0.05) is 30.3 Å². The van der Waals surface area contributed by atoms with Crippen LogP contribution in [0.25, 0.3) is 0 Å². The average Bonchev–Trinajstić information content (AvgIpc) is 2.83. The number of aryl methyl sites for hydroxylation is 1. The molecule has 18 heavy (non-hydrogen) atoms. The van der Waals surface area contributed by atoms with Crippen molar-refractivity contribution in [2.75, 3.05) is 6.54 Å². The second-order valence-corrected chi connectivity index (χ2v) is 4.38. The third-order valence-electron chi connectivity index (χ3n) is 2.55. The Morgan fingerprint density at radius 2 is 2.17 bits per heavy atom. The standard InChI is InChI=1S/C13H13ClN2O2/c1-9-12(18-8-16-9)13(17)15-7-11(14)10-5-3-2-4-6-10/h2-6,8,11H,7H2,1H3,(H,15,17). The number of halogens is 1. The van der Waals surface area contributed by atoms with E-state index in [1.54, 1.807) is 6.92 Å². The molecule has 5 heteroatoms. The van der Waals surface area contributed by atoms with E-state index in [-0.39, 0.29) is 17.0 Å². The van der Waals surface area contributed by atoms with Crippen LogP contribution in [0, 0.1) is 6.92 Å². The molecular formula is C13H13ClN2O2. The van der Waals surface area contributed by atoms with Crippen molar-refractivity contribution in [2.24, 2.45) is 0 Å². The van der Waals surface area contributed by atoms with Gasteiger partial charge in [0.1, 0.15) is 0 Å². The molecule has 2 rings (SSSR count). The van der Waals surface area contributed by atoms with Crippen molar-refractivity contribution < 1.29 is 9.21 Å².